The Morgan fingerprint density at radius 2 is 1.88 bits per heavy atom. The van der Waals surface area contributed by atoms with E-state index < -0.39 is 0 Å². The van der Waals surface area contributed by atoms with E-state index in [1.807, 2.05) is 19.1 Å². The second-order valence-electron chi connectivity index (χ2n) is 5.68. The van der Waals surface area contributed by atoms with Crippen LogP contribution in [0.5, 0.6) is 0 Å². The lowest BCUT2D eigenvalue weighted by molar-refractivity contribution is 0.336. The standard InChI is InChI=1S/C16H19ClN6S/c1-11-15(21-19-13-5-3-12(17)4-6-13)24-16(18-11)22-20-14-7-9-23(2)10-8-14/h3-6H,7-10H2,1-2H3,(H,18,22). The Morgan fingerprint density at radius 3 is 2.58 bits per heavy atom. The number of halogens is 1. The Hall–Kier alpha value is -1.83. The first-order chi connectivity index (χ1) is 11.6. The molecule has 0 radical (unpaired) electrons. The number of hydrazone groups is 1. The number of anilines is 1. The van der Waals surface area contributed by atoms with Crippen LogP contribution in [0.2, 0.25) is 5.02 Å². The zero-order chi connectivity index (χ0) is 16.9. The summed E-state index contributed by atoms with van der Waals surface area (Å²) in [6.45, 7) is 4.02. The lowest BCUT2D eigenvalue weighted by atomic mass is 10.1. The van der Waals surface area contributed by atoms with Gasteiger partial charge in [0, 0.05) is 36.7 Å². The highest BCUT2D eigenvalue weighted by Gasteiger charge is 2.12. The molecule has 1 aromatic carbocycles. The number of azo groups is 1. The van der Waals surface area contributed by atoms with Gasteiger partial charge in [-0.1, -0.05) is 22.9 Å². The van der Waals surface area contributed by atoms with E-state index in [9.17, 15) is 0 Å². The molecule has 0 aliphatic carbocycles. The molecular weight excluding hydrogens is 344 g/mol. The van der Waals surface area contributed by atoms with Crippen molar-refractivity contribution in [1.82, 2.24) is 9.88 Å². The molecule has 0 atom stereocenters. The van der Waals surface area contributed by atoms with E-state index in [0.717, 1.165) is 47.4 Å². The van der Waals surface area contributed by atoms with Crippen LogP contribution in [0.15, 0.2) is 39.6 Å². The molecule has 1 aliphatic heterocycles. The third-order valence-corrected chi connectivity index (χ3v) is 4.93. The fraction of sp³-hybridized carbons (Fsp3) is 0.375. The van der Waals surface area contributed by atoms with Crippen LogP contribution in [0.25, 0.3) is 0 Å². The number of benzene rings is 1. The molecule has 2 aromatic rings. The predicted octanol–water partition coefficient (Wildman–Crippen LogP) is 5.01. The summed E-state index contributed by atoms with van der Waals surface area (Å²) in [4.78, 5) is 6.76. The van der Waals surface area contributed by atoms with Gasteiger partial charge < -0.3 is 4.90 Å². The highest BCUT2D eigenvalue weighted by Crippen LogP contribution is 2.32. The normalized spacial score (nSPS) is 15.9. The predicted molar refractivity (Wildman–Crippen MR) is 100 cm³/mol. The smallest absolute Gasteiger partial charge is 0.205 e. The molecule has 0 spiro atoms. The van der Waals surface area contributed by atoms with E-state index in [1.54, 1.807) is 12.1 Å². The molecule has 0 unspecified atom stereocenters. The molecule has 1 saturated heterocycles. The number of thiazole rings is 1. The SMILES string of the molecule is Cc1nc(NN=C2CCN(C)CC2)sc1N=Nc1ccc(Cl)cc1. The Kier molecular flexibility index (Phi) is 5.55. The Balaban J connectivity index is 1.64. The molecule has 1 fully saturated rings. The minimum Gasteiger partial charge on any atom is -0.306 e. The highest BCUT2D eigenvalue weighted by molar-refractivity contribution is 7.19. The zero-order valence-corrected chi connectivity index (χ0v) is 15.2. The molecule has 6 nitrogen and oxygen atoms in total. The fourth-order valence-corrected chi connectivity index (χ4v) is 3.11. The van der Waals surface area contributed by atoms with E-state index in [2.05, 4.69) is 37.7 Å². The Labute approximate surface area is 150 Å². The summed E-state index contributed by atoms with van der Waals surface area (Å²) in [5.41, 5.74) is 5.83. The van der Waals surface area contributed by atoms with Gasteiger partial charge in [-0.3, -0.25) is 5.43 Å². The molecule has 1 N–H and O–H groups in total. The first-order valence-corrected chi connectivity index (χ1v) is 8.94. The van der Waals surface area contributed by atoms with Gasteiger partial charge in [0.05, 0.1) is 11.4 Å². The first kappa shape index (κ1) is 17.0. The van der Waals surface area contributed by atoms with Crippen molar-refractivity contribution in [2.45, 2.75) is 19.8 Å². The van der Waals surface area contributed by atoms with Gasteiger partial charge in [-0.25, -0.2) is 4.98 Å². The van der Waals surface area contributed by atoms with Crippen LogP contribution in [0.4, 0.5) is 15.8 Å². The summed E-state index contributed by atoms with van der Waals surface area (Å²) in [5, 5.41) is 15.2. The second-order valence-corrected chi connectivity index (χ2v) is 7.09. The lowest BCUT2D eigenvalue weighted by Gasteiger charge is -2.22. The van der Waals surface area contributed by atoms with Crippen LogP contribution in [-0.2, 0) is 0 Å². The molecule has 0 bridgehead atoms. The second kappa shape index (κ2) is 7.83. The van der Waals surface area contributed by atoms with Gasteiger partial charge in [0.2, 0.25) is 5.13 Å². The van der Waals surface area contributed by atoms with Gasteiger partial charge in [-0.2, -0.15) is 5.10 Å². The number of piperidine rings is 1. The van der Waals surface area contributed by atoms with Gasteiger partial charge in [0.25, 0.3) is 0 Å². The van der Waals surface area contributed by atoms with Crippen LogP contribution in [0.1, 0.15) is 18.5 Å². The van der Waals surface area contributed by atoms with Crippen molar-refractivity contribution in [3.8, 4) is 0 Å². The van der Waals surface area contributed by atoms with Crippen molar-refractivity contribution in [3.05, 3.63) is 35.0 Å². The highest BCUT2D eigenvalue weighted by atomic mass is 35.5. The van der Waals surface area contributed by atoms with E-state index in [-0.39, 0.29) is 0 Å². The zero-order valence-electron chi connectivity index (χ0n) is 13.7. The maximum atomic E-state index is 5.86. The molecule has 2 heterocycles. The third-order valence-electron chi connectivity index (χ3n) is 3.73. The summed E-state index contributed by atoms with van der Waals surface area (Å²) in [6, 6.07) is 7.24. The summed E-state index contributed by atoms with van der Waals surface area (Å²) in [6.07, 6.45) is 1.99. The summed E-state index contributed by atoms with van der Waals surface area (Å²) < 4.78 is 0. The van der Waals surface area contributed by atoms with Crippen molar-refractivity contribution < 1.29 is 0 Å². The number of likely N-dealkylation sites (tertiary alicyclic amines) is 1. The quantitative estimate of drug-likeness (QED) is 0.613. The molecule has 0 amide bonds. The molecule has 0 saturated carbocycles. The van der Waals surface area contributed by atoms with Crippen molar-refractivity contribution in [2.75, 3.05) is 25.6 Å². The van der Waals surface area contributed by atoms with Gasteiger partial charge >= 0.3 is 0 Å². The average Bonchev–Trinajstić information content (AvgIpc) is 2.94. The van der Waals surface area contributed by atoms with Crippen LogP contribution < -0.4 is 5.43 Å². The number of hydrogen-bond acceptors (Lipinski definition) is 7. The van der Waals surface area contributed by atoms with Gasteiger partial charge in [0.1, 0.15) is 0 Å². The Morgan fingerprint density at radius 1 is 1.17 bits per heavy atom. The maximum Gasteiger partial charge on any atom is 0.205 e. The minimum atomic E-state index is 0.683. The number of rotatable bonds is 4. The number of nitrogens with one attached hydrogen (secondary N) is 1. The monoisotopic (exact) mass is 362 g/mol. The van der Waals surface area contributed by atoms with Crippen LogP contribution in [0.3, 0.4) is 0 Å². The van der Waals surface area contributed by atoms with Gasteiger partial charge in [0.15, 0.2) is 5.00 Å². The van der Waals surface area contributed by atoms with E-state index in [4.69, 9.17) is 11.6 Å². The van der Waals surface area contributed by atoms with Crippen molar-refractivity contribution in [2.24, 2.45) is 15.3 Å². The average molecular weight is 363 g/mol. The molecular formula is C16H19ClN6S. The molecule has 24 heavy (non-hydrogen) atoms. The van der Waals surface area contributed by atoms with Gasteiger partial charge in [-0.05, 0) is 38.2 Å². The Bertz CT molecular complexity index is 742. The summed E-state index contributed by atoms with van der Waals surface area (Å²) in [7, 11) is 2.13. The van der Waals surface area contributed by atoms with Crippen molar-refractivity contribution >= 4 is 44.5 Å². The minimum absolute atomic E-state index is 0.683. The largest absolute Gasteiger partial charge is 0.306 e. The maximum absolute atomic E-state index is 5.86. The van der Waals surface area contributed by atoms with Crippen LogP contribution in [0, 0.1) is 6.92 Å². The summed E-state index contributed by atoms with van der Waals surface area (Å²) in [5.74, 6) is 0. The van der Waals surface area contributed by atoms with E-state index in [0.29, 0.717) is 5.02 Å². The molecule has 1 aliphatic rings. The molecule has 3 rings (SSSR count). The van der Waals surface area contributed by atoms with Crippen LogP contribution >= 0.6 is 22.9 Å². The summed E-state index contributed by atoms with van der Waals surface area (Å²) >= 11 is 7.31. The molecule has 8 heteroatoms. The van der Waals surface area contributed by atoms with E-state index in [1.165, 1.54) is 17.0 Å². The molecule has 126 valence electrons. The van der Waals surface area contributed by atoms with Gasteiger partial charge in [-0.15, -0.1) is 10.2 Å². The number of aryl methyl sites for hydroxylation is 1. The first-order valence-electron chi connectivity index (χ1n) is 7.75. The van der Waals surface area contributed by atoms with E-state index >= 15 is 0 Å². The number of nitrogens with zero attached hydrogens (tertiary/aromatic N) is 5. The molecule has 1 aromatic heterocycles. The number of aromatic nitrogens is 1. The topological polar surface area (TPSA) is 65.2 Å². The fourth-order valence-electron chi connectivity index (χ4n) is 2.26. The van der Waals surface area contributed by atoms with Crippen molar-refractivity contribution in [3.63, 3.8) is 0 Å². The lowest BCUT2D eigenvalue weighted by Crippen LogP contribution is -2.30. The number of hydrogen-bond donors (Lipinski definition) is 1. The third kappa shape index (κ3) is 4.59. The van der Waals surface area contributed by atoms with Crippen molar-refractivity contribution in [1.29, 1.82) is 0 Å². The van der Waals surface area contributed by atoms with Crippen LogP contribution in [-0.4, -0.2) is 35.7 Å².